The molecule has 104 valence electrons. The minimum absolute atomic E-state index is 0.0188. The lowest BCUT2D eigenvalue weighted by Crippen LogP contribution is -2.27. The van der Waals surface area contributed by atoms with Crippen LogP contribution >= 0.6 is 0 Å². The molecule has 1 aliphatic heterocycles. The van der Waals surface area contributed by atoms with Crippen LogP contribution in [-0.4, -0.2) is 22.8 Å². The van der Waals surface area contributed by atoms with Crippen LogP contribution in [0.15, 0.2) is 47.5 Å². The van der Waals surface area contributed by atoms with E-state index in [1.807, 2.05) is 30.3 Å². The van der Waals surface area contributed by atoms with E-state index in [0.29, 0.717) is 5.92 Å². The van der Waals surface area contributed by atoms with E-state index in [2.05, 4.69) is 4.98 Å². The van der Waals surface area contributed by atoms with Crippen molar-refractivity contribution in [2.75, 3.05) is 13.2 Å². The zero-order valence-electron chi connectivity index (χ0n) is 11.4. The Labute approximate surface area is 118 Å². The number of hydrogen-bond donors (Lipinski definition) is 0. The Morgan fingerprint density at radius 2 is 1.95 bits per heavy atom. The highest BCUT2D eigenvalue weighted by molar-refractivity contribution is 5.57. The summed E-state index contributed by atoms with van der Waals surface area (Å²) in [4.78, 5) is 16.6. The Hall–Kier alpha value is -1.94. The van der Waals surface area contributed by atoms with Gasteiger partial charge in [0.05, 0.1) is 12.0 Å². The van der Waals surface area contributed by atoms with Crippen molar-refractivity contribution in [1.82, 2.24) is 9.55 Å². The molecule has 4 nitrogen and oxygen atoms in total. The molecule has 1 aliphatic rings. The van der Waals surface area contributed by atoms with Gasteiger partial charge in [0.2, 0.25) is 0 Å². The van der Waals surface area contributed by atoms with E-state index in [4.69, 9.17) is 4.74 Å². The van der Waals surface area contributed by atoms with E-state index in [0.717, 1.165) is 43.9 Å². The van der Waals surface area contributed by atoms with Gasteiger partial charge in [0.25, 0.3) is 5.56 Å². The number of rotatable bonds is 3. The molecule has 2 aromatic rings. The van der Waals surface area contributed by atoms with Crippen LogP contribution < -0.4 is 5.56 Å². The Kier molecular flexibility index (Phi) is 3.92. The highest BCUT2D eigenvalue weighted by Crippen LogP contribution is 2.17. The van der Waals surface area contributed by atoms with Crippen molar-refractivity contribution in [1.29, 1.82) is 0 Å². The summed E-state index contributed by atoms with van der Waals surface area (Å²) in [7, 11) is 0. The second-order valence-electron chi connectivity index (χ2n) is 5.19. The molecule has 0 saturated carbocycles. The van der Waals surface area contributed by atoms with Crippen LogP contribution in [0.1, 0.15) is 12.8 Å². The lowest BCUT2D eigenvalue weighted by atomic mass is 10.0. The number of nitrogens with zero attached hydrogens (tertiary/aromatic N) is 2. The molecule has 0 bridgehead atoms. The Balaban J connectivity index is 1.79. The van der Waals surface area contributed by atoms with Gasteiger partial charge in [-0.15, -0.1) is 0 Å². The molecule has 4 heteroatoms. The van der Waals surface area contributed by atoms with Crippen molar-refractivity contribution in [3.05, 3.63) is 53.1 Å². The third-order valence-corrected chi connectivity index (χ3v) is 3.74. The molecule has 1 aromatic heterocycles. The van der Waals surface area contributed by atoms with Gasteiger partial charge in [-0.2, -0.15) is 0 Å². The minimum atomic E-state index is 0.0188. The minimum Gasteiger partial charge on any atom is -0.381 e. The van der Waals surface area contributed by atoms with E-state index < -0.39 is 0 Å². The zero-order chi connectivity index (χ0) is 13.8. The van der Waals surface area contributed by atoms with E-state index >= 15 is 0 Å². The van der Waals surface area contributed by atoms with Crippen LogP contribution in [0.5, 0.6) is 0 Å². The molecular weight excluding hydrogens is 252 g/mol. The molecule has 1 fully saturated rings. The fraction of sp³-hybridized carbons (Fsp3) is 0.375. The van der Waals surface area contributed by atoms with E-state index in [-0.39, 0.29) is 5.56 Å². The monoisotopic (exact) mass is 270 g/mol. The molecule has 0 unspecified atom stereocenters. The first-order valence-corrected chi connectivity index (χ1v) is 7.02. The van der Waals surface area contributed by atoms with Crippen LogP contribution in [0.25, 0.3) is 11.3 Å². The lowest BCUT2D eigenvalue weighted by molar-refractivity contribution is 0.0608. The van der Waals surface area contributed by atoms with E-state index in [1.54, 1.807) is 17.0 Å². The zero-order valence-corrected chi connectivity index (χ0v) is 11.4. The van der Waals surface area contributed by atoms with Crippen LogP contribution in [-0.2, 0) is 11.3 Å². The molecule has 1 saturated heterocycles. The largest absolute Gasteiger partial charge is 0.381 e. The van der Waals surface area contributed by atoms with Gasteiger partial charge in [-0.3, -0.25) is 9.36 Å². The first-order chi connectivity index (χ1) is 9.83. The summed E-state index contributed by atoms with van der Waals surface area (Å²) in [5, 5.41) is 0. The van der Waals surface area contributed by atoms with E-state index in [9.17, 15) is 4.79 Å². The quantitative estimate of drug-likeness (QED) is 0.860. The summed E-state index contributed by atoms with van der Waals surface area (Å²) < 4.78 is 7.05. The van der Waals surface area contributed by atoms with Crippen molar-refractivity contribution >= 4 is 0 Å². The normalized spacial score (nSPS) is 16.2. The third-order valence-electron chi connectivity index (χ3n) is 3.74. The van der Waals surface area contributed by atoms with Gasteiger partial charge in [0.1, 0.15) is 0 Å². The summed E-state index contributed by atoms with van der Waals surface area (Å²) in [5.74, 6) is 0.519. The summed E-state index contributed by atoms with van der Waals surface area (Å²) >= 11 is 0. The molecule has 0 atom stereocenters. The van der Waals surface area contributed by atoms with Gasteiger partial charge in [0.15, 0.2) is 0 Å². The van der Waals surface area contributed by atoms with Gasteiger partial charge in [-0.1, -0.05) is 30.3 Å². The number of hydrogen-bond acceptors (Lipinski definition) is 3. The molecule has 0 radical (unpaired) electrons. The fourth-order valence-corrected chi connectivity index (χ4v) is 2.54. The van der Waals surface area contributed by atoms with Gasteiger partial charge in [-0.25, -0.2) is 4.98 Å². The van der Waals surface area contributed by atoms with Crippen LogP contribution in [0.3, 0.4) is 0 Å². The molecule has 0 N–H and O–H groups in total. The van der Waals surface area contributed by atoms with Crippen LogP contribution in [0.2, 0.25) is 0 Å². The average molecular weight is 270 g/mol. The first-order valence-electron chi connectivity index (χ1n) is 7.02. The second kappa shape index (κ2) is 6.01. The lowest BCUT2D eigenvalue weighted by Gasteiger charge is -2.22. The molecule has 3 rings (SSSR count). The fourth-order valence-electron chi connectivity index (χ4n) is 2.54. The van der Waals surface area contributed by atoms with Crippen molar-refractivity contribution < 1.29 is 4.74 Å². The maximum Gasteiger partial charge on any atom is 0.253 e. The average Bonchev–Trinajstić information content (AvgIpc) is 2.51. The third kappa shape index (κ3) is 2.96. The predicted octanol–water partition coefficient (Wildman–Crippen LogP) is 2.34. The van der Waals surface area contributed by atoms with Crippen LogP contribution in [0.4, 0.5) is 0 Å². The predicted molar refractivity (Wildman–Crippen MR) is 77.5 cm³/mol. The number of benzene rings is 1. The maximum absolute atomic E-state index is 12.2. The van der Waals surface area contributed by atoms with E-state index in [1.165, 1.54) is 0 Å². The molecule has 0 spiro atoms. The summed E-state index contributed by atoms with van der Waals surface area (Å²) in [6.07, 6.45) is 3.71. The van der Waals surface area contributed by atoms with Crippen molar-refractivity contribution in [2.24, 2.45) is 5.92 Å². The van der Waals surface area contributed by atoms with Gasteiger partial charge < -0.3 is 4.74 Å². The molecule has 20 heavy (non-hydrogen) atoms. The Morgan fingerprint density at radius 3 is 2.65 bits per heavy atom. The summed E-state index contributed by atoms with van der Waals surface area (Å²) in [5.41, 5.74) is 1.73. The Morgan fingerprint density at radius 1 is 1.20 bits per heavy atom. The summed E-state index contributed by atoms with van der Waals surface area (Å²) in [6, 6.07) is 11.4. The topological polar surface area (TPSA) is 44.1 Å². The van der Waals surface area contributed by atoms with Crippen molar-refractivity contribution in [2.45, 2.75) is 19.4 Å². The van der Waals surface area contributed by atoms with Crippen LogP contribution in [0, 0.1) is 5.92 Å². The highest BCUT2D eigenvalue weighted by atomic mass is 16.5. The molecular formula is C16H18N2O2. The highest BCUT2D eigenvalue weighted by Gasteiger charge is 2.15. The molecule has 0 amide bonds. The van der Waals surface area contributed by atoms with Crippen molar-refractivity contribution in [3.63, 3.8) is 0 Å². The molecule has 2 heterocycles. The SMILES string of the molecule is O=c1cc(-c2ccccc2)ncn1CC1CCOCC1. The first kappa shape index (κ1) is 13.1. The Bertz CT molecular complexity index is 616. The van der Waals surface area contributed by atoms with Gasteiger partial charge in [0, 0.05) is 31.4 Å². The second-order valence-corrected chi connectivity index (χ2v) is 5.19. The van der Waals surface area contributed by atoms with Gasteiger partial charge in [-0.05, 0) is 18.8 Å². The molecule has 1 aromatic carbocycles. The summed E-state index contributed by atoms with van der Waals surface area (Å²) in [6.45, 7) is 2.34. The van der Waals surface area contributed by atoms with Crippen molar-refractivity contribution in [3.8, 4) is 11.3 Å². The number of aromatic nitrogens is 2. The standard InChI is InChI=1S/C16H18N2O2/c19-16-10-15(14-4-2-1-3-5-14)17-12-18(16)11-13-6-8-20-9-7-13/h1-5,10,12-13H,6-9,11H2. The smallest absolute Gasteiger partial charge is 0.253 e. The number of ether oxygens (including phenoxy) is 1. The van der Waals surface area contributed by atoms with Gasteiger partial charge >= 0.3 is 0 Å². The maximum atomic E-state index is 12.2. The molecule has 0 aliphatic carbocycles.